The number of aromatic nitrogens is 6. The SMILES string of the molecule is CCCCCCc1cc(-c2nc(-c3ccc(C(C)(C)C)cc3)nc(-c3ccc(C(C)(C)C)cc3)n2)c(O)cc1O.CCCCCCc1cc(-c2nc(-c3ccc(C(C)(C)C)cc3)nc(-c3ccc(C(C)(C)C)cc3)n2)c(O)cc1OCC(=O)OCC.CCOC(=O)CCl.[HH]. The van der Waals surface area contributed by atoms with E-state index in [0.29, 0.717) is 58.4 Å². The highest BCUT2D eigenvalue weighted by molar-refractivity contribution is 6.26. The first-order chi connectivity index (χ1) is 44.0. The molecule has 14 nitrogen and oxygen atoms in total. The third kappa shape index (κ3) is 21.7. The number of alkyl halides is 1. The summed E-state index contributed by atoms with van der Waals surface area (Å²) < 4.78 is 15.3. The Kier molecular flexibility index (Phi) is 26.6. The van der Waals surface area contributed by atoms with Crippen LogP contribution in [0.5, 0.6) is 23.0 Å². The van der Waals surface area contributed by atoms with E-state index < -0.39 is 5.97 Å². The highest BCUT2D eigenvalue weighted by atomic mass is 35.5. The van der Waals surface area contributed by atoms with Crippen molar-refractivity contribution in [3.63, 3.8) is 0 Å². The molecule has 0 radical (unpaired) electrons. The highest BCUT2D eigenvalue weighted by Crippen LogP contribution is 2.39. The molecule has 2 heterocycles. The summed E-state index contributed by atoms with van der Waals surface area (Å²) in [7, 11) is 0. The number of unbranched alkanes of at least 4 members (excludes halogenated alkanes) is 6. The van der Waals surface area contributed by atoms with E-state index >= 15 is 0 Å². The topological polar surface area (TPSA) is 200 Å². The number of phenols is 3. The summed E-state index contributed by atoms with van der Waals surface area (Å²) in [5.41, 5.74) is 11.1. The van der Waals surface area contributed by atoms with Crippen LogP contribution in [0.2, 0.25) is 0 Å². The van der Waals surface area contributed by atoms with Crippen molar-refractivity contribution in [1.82, 2.24) is 29.9 Å². The molecule has 0 fully saturated rings. The summed E-state index contributed by atoms with van der Waals surface area (Å²) in [6, 6.07) is 39.9. The molecule has 2 aromatic heterocycles. The van der Waals surface area contributed by atoms with Gasteiger partial charge < -0.3 is 29.5 Å². The average molecular weight is 1290 g/mol. The van der Waals surface area contributed by atoms with Crippen molar-refractivity contribution in [1.29, 1.82) is 0 Å². The Morgan fingerprint density at radius 1 is 0.398 bits per heavy atom. The van der Waals surface area contributed by atoms with Crippen LogP contribution in [0.4, 0.5) is 0 Å². The highest BCUT2D eigenvalue weighted by Gasteiger charge is 2.23. The fourth-order valence-electron chi connectivity index (χ4n) is 10.1. The van der Waals surface area contributed by atoms with E-state index in [1.807, 2.05) is 60.7 Å². The molecule has 0 aliphatic rings. The predicted octanol–water partition coefficient (Wildman–Crippen LogP) is 19.3. The maximum Gasteiger partial charge on any atom is 0.344 e. The second kappa shape index (κ2) is 33.6. The van der Waals surface area contributed by atoms with Crippen LogP contribution in [-0.4, -0.2) is 82.9 Å². The van der Waals surface area contributed by atoms with Crippen molar-refractivity contribution in [2.24, 2.45) is 0 Å². The fraction of sp³-hybridized carbons (Fsp3) is 0.436. The number of nitrogens with zero attached hydrogens (tertiary/aromatic N) is 6. The maximum absolute atomic E-state index is 12.1. The molecule has 93 heavy (non-hydrogen) atoms. The number of esters is 2. The summed E-state index contributed by atoms with van der Waals surface area (Å²) in [6.07, 6.45) is 10.1. The summed E-state index contributed by atoms with van der Waals surface area (Å²) >= 11 is 5.06. The van der Waals surface area contributed by atoms with Gasteiger partial charge in [0.05, 0.1) is 24.3 Å². The van der Waals surface area contributed by atoms with E-state index in [1.165, 1.54) is 28.3 Å². The molecule has 15 heteroatoms. The third-order valence-corrected chi connectivity index (χ3v) is 16.0. The lowest BCUT2D eigenvalue weighted by Gasteiger charge is -2.19. The summed E-state index contributed by atoms with van der Waals surface area (Å²) in [4.78, 5) is 51.3. The predicted molar refractivity (Wildman–Crippen MR) is 379 cm³/mol. The number of rotatable bonds is 22. The van der Waals surface area contributed by atoms with Crippen LogP contribution in [0.1, 0.15) is 197 Å². The van der Waals surface area contributed by atoms with E-state index in [2.05, 4.69) is 150 Å². The van der Waals surface area contributed by atoms with Gasteiger partial charge >= 0.3 is 11.9 Å². The first-order valence-corrected chi connectivity index (χ1v) is 33.4. The lowest BCUT2D eigenvalue weighted by atomic mass is 9.86. The standard InChI is InChI=1S/C39H49N3O4.C35H43N3O2.C4H7ClO2.H2/c1-9-11-12-13-14-28-23-31(32(43)24-33(28)46-25-34(44)45-10-2)37-41-35(26-15-19-29(20-16-26)38(3,4)5)40-36(42-37)27-17-21-30(22-18-27)39(6,7)8;1-8-9-10-11-12-25-21-28(30(40)22-29(25)39)33-37-31(23-13-17-26(18-14-23)34(2,3)4)36-32(38-33)24-15-19-27(20-16-24)35(5,6)7;1-2-7-4(6)3-5;/h15-24,43H,9-14,25H2,1-8H3;13-22,39-40H,8-12H2,1-7H3;2-3H2,1H3;1H. The van der Waals surface area contributed by atoms with Gasteiger partial charge in [-0.3, -0.25) is 4.79 Å². The minimum atomic E-state index is -0.454. The number of hydrogen-bond donors (Lipinski definition) is 3. The molecule has 0 spiro atoms. The molecule has 498 valence electrons. The van der Waals surface area contributed by atoms with Crippen LogP contribution in [0, 0.1) is 0 Å². The summed E-state index contributed by atoms with van der Waals surface area (Å²) in [6.45, 7) is 34.6. The van der Waals surface area contributed by atoms with E-state index in [9.17, 15) is 24.9 Å². The van der Waals surface area contributed by atoms with Crippen LogP contribution >= 0.6 is 11.6 Å². The van der Waals surface area contributed by atoms with E-state index in [-0.39, 0.29) is 65.4 Å². The molecule has 0 aliphatic carbocycles. The molecule has 0 atom stereocenters. The average Bonchev–Trinajstić information content (AvgIpc) is 0.863. The van der Waals surface area contributed by atoms with Crippen LogP contribution in [0.15, 0.2) is 121 Å². The molecular formula is C78H101ClN6O8. The normalized spacial score (nSPS) is 11.7. The van der Waals surface area contributed by atoms with Crippen molar-refractivity contribution in [3.05, 3.63) is 155 Å². The monoisotopic (exact) mass is 1280 g/mol. The van der Waals surface area contributed by atoms with Gasteiger partial charge in [-0.25, -0.2) is 34.7 Å². The summed E-state index contributed by atoms with van der Waals surface area (Å²) in [5.74, 6) is 2.47. The van der Waals surface area contributed by atoms with Crippen molar-refractivity contribution < 1.29 is 40.5 Å². The third-order valence-electron chi connectivity index (χ3n) is 15.8. The van der Waals surface area contributed by atoms with Gasteiger partial charge in [-0.05, 0) is 107 Å². The molecule has 0 saturated heterocycles. The molecule has 8 rings (SSSR count). The number of ether oxygens (including phenoxy) is 3. The number of phenolic OH excluding ortho intramolecular Hbond substituents is 3. The molecule has 0 amide bonds. The Morgan fingerprint density at radius 3 is 1.02 bits per heavy atom. The van der Waals surface area contributed by atoms with Gasteiger partial charge in [0.25, 0.3) is 0 Å². The molecule has 3 N–H and O–H groups in total. The van der Waals surface area contributed by atoms with Crippen molar-refractivity contribution in [2.45, 2.75) is 197 Å². The Balaban J connectivity index is 0.000000308. The van der Waals surface area contributed by atoms with Gasteiger partial charge in [-0.2, -0.15) is 0 Å². The minimum Gasteiger partial charge on any atom is -0.508 e. The van der Waals surface area contributed by atoms with Crippen LogP contribution in [0.3, 0.4) is 0 Å². The number of hydrogen-bond acceptors (Lipinski definition) is 14. The lowest BCUT2D eigenvalue weighted by molar-refractivity contribution is -0.145. The Hall–Kier alpha value is -8.23. The van der Waals surface area contributed by atoms with Crippen LogP contribution < -0.4 is 4.74 Å². The summed E-state index contributed by atoms with van der Waals surface area (Å²) in [5, 5.41) is 32.8. The maximum atomic E-state index is 12.1. The smallest absolute Gasteiger partial charge is 0.344 e. The van der Waals surface area contributed by atoms with Gasteiger partial charge in [0.15, 0.2) is 41.6 Å². The second-order valence-electron chi connectivity index (χ2n) is 27.6. The number of carbonyl (C=O) groups excluding carboxylic acids is 2. The van der Waals surface area contributed by atoms with E-state index in [4.69, 9.17) is 51.0 Å². The number of halogens is 1. The largest absolute Gasteiger partial charge is 0.508 e. The van der Waals surface area contributed by atoms with Gasteiger partial charge in [0.2, 0.25) is 0 Å². The lowest BCUT2D eigenvalue weighted by Crippen LogP contribution is -2.15. The quantitative estimate of drug-likeness (QED) is 0.0329. The molecular weight excluding hydrogens is 1180 g/mol. The Bertz CT molecular complexity index is 3570. The number of aryl methyl sites for hydroxylation is 2. The fourth-order valence-corrected chi connectivity index (χ4v) is 10.2. The molecule has 6 aromatic carbocycles. The van der Waals surface area contributed by atoms with E-state index in [1.54, 1.807) is 19.9 Å². The van der Waals surface area contributed by atoms with Crippen molar-refractivity contribution in [2.75, 3.05) is 25.7 Å². The molecule has 0 unspecified atom stereocenters. The zero-order valence-corrected chi connectivity index (χ0v) is 58.6. The van der Waals surface area contributed by atoms with E-state index in [0.717, 1.165) is 97.6 Å². The van der Waals surface area contributed by atoms with Crippen molar-refractivity contribution >= 4 is 23.5 Å². The zero-order chi connectivity index (χ0) is 68.3. The van der Waals surface area contributed by atoms with Crippen molar-refractivity contribution in [3.8, 4) is 91.3 Å². The number of benzene rings is 6. The van der Waals surface area contributed by atoms with Crippen LogP contribution in [-0.2, 0) is 53.6 Å². The van der Waals surface area contributed by atoms with Crippen LogP contribution in [0.25, 0.3) is 68.3 Å². The van der Waals surface area contributed by atoms with Gasteiger partial charge in [0.1, 0.15) is 28.9 Å². The number of carbonyl (C=O) groups is 2. The minimum absolute atomic E-state index is 0. The van der Waals surface area contributed by atoms with Gasteiger partial charge in [0, 0.05) is 35.8 Å². The first-order valence-electron chi connectivity index (χ1n) is 32.8. The van der Waals surface area contributed by atoms with Gasteiger partial charge in [-0.15, -0.1) is 11.6 Å². The molecule has 0 aliphatic heterocycles. The first kappa shape index (κ1) is 73.8. The molecule has 8 aromatic rings. The molecule has 0 bridgehead atoms. The zero-order valence-electron chi connectivity index (χ0n) is 57.9. The number of aromatic hydroxyl groups is 3. The second-order valence-corrected chi connectivity index (χ2v) is 27.8. The van der Waals surface area contributed by atoms with Gasteiger partial charge in [-0.1, -0.05) is 233 Å². The Labute approximate surface area is 559 Å². The Morgan fingerprint density at radius 2 is 0.710 bits per heavy atom. The molecule has 0 saturated carbocycles.